The highest BCUT2D eigenvalue weighted by Gasteiger charge is 2.55. The highest BCUT2D eigenvalue weighted by Crippen LogP contribution is 2.64. The van der Waals surface area contributed by atoms with Crippen molar-refractivity contribution in [3.63, 3.8) is 0 Å². The van der Waals surface area contributed by atoms with Crippen LogP contribution in [0.4, 0.5) is 4.39 Å². The van der Waals surface area contributed by atoms with Crippen molar-refractivity contribution in [2.24, 2.45) is 17.8 Å². The Morgan fingerprint density at radius 1 is 1.12 bits per heavy atom. The van der Waals surface area contributed by atoms with Gasteiger partial charge in [0.2, 0.25) is 5.91 Å². The van der Waals surface area contributed by atoms with Crippen molar-refractivity contribution >= 4 is 29.4 Å². The van der Waals surface area contributed by atoms with Gasteiger partial charge in [0, 0.05) is 24.0 Å². The Hall–Kier alpha value is -0.680. The third-order valence-electron chi connectivity index (χ3n) is 6.12. The minimum Gasteiger partial charge on any atom is -0.356 e. The molecule has 1 heterocycles. The molecule has 3 aliphatic rings. The van der Waals surface area contributed by atoms with Crippen molar-refractivity contribution in [1.29, 1.82) is 0 Å². The molecule has 136 valence electrons. The fraction of sp³-hybridized carbons (Fsp3) is 0.650. The molecule has 2 nitrogen and oxygen atoms in total. The minimum atomic E-state index is -0.210. The molecule has 0 radical (unpaired) electrons. The Kier molecular flexibility index (Phi) is 5.33. The van der Waals surface area contributed by atoms with Gasteiger partial charge in [-0.2, -0.15) is 0 Å². The van der Waals surface area contributed by atoms with Crippen LogP contribution in [0.3, 0.4) is 0 Å². The average Bonchev–Trinajstić information content (AvgIpc) is 3.06. The molecule has 5 heteroatoms. The van der Waals surface area contributed by atoms with Gasteiger partial charge >= 0.3 is 0 Å². The summed E-state index contributed by atoms with van der Waals surface area (Å²) in [6.45, 7) is 0.644. The molecule has 1 amide bonds. The van der Waals surface area contributed by atoms with Gasteiger partial charge in [0.05, 0.1) is 4.08 Å². The van der Waals surface area contributed by atoms with Gasteiger partial charge in [0.15, 0.2) is 0 Å². The van der Waals surface area contributed by atoms with Crippen LogP contribution in [0.2, 0.25) is 0 Å². The van der Waals surface area contributed by atoms with E-state index in [1.54, 1.807) is 12.1 Å². The molecule has 2 atom stereocenters. The summed E-state index contributed by atoms with van der Waals surface area (Å²) in [5.74, 6) is 4.21. The Morgan fingerprint density at radius 2 is 1.76 bits per heavy atom. The predicted molar refractivity (Wildman–Crippen MR) is 104 cm³/mol. The number of carbonyl (C=O) groups excluding carboxylic acids is 1. The highest BCUT2D eigenvalue weighted by molar-refractivity contribution is 8.21. The molecule has 2 bridgehead atoms. The van der Waals surface area contributed by atoms with Crippen LogP contribution < -0.4 is 5.32 Å². The molecule has 2 aliphatic carbocycles. The molecule has 1 aromatic rings. The first-order chi connectivity index (χ1) is 12.2. The minimum absolute atomic E-state index is 0.191. The molecule has 2 unspecified atom stereocenters. The molecule has 2 saturated carbocycles. The number of hydrogen-bond donors (Lipinski definition) is 1. The normalized spacial score (nSPS) is 30.4. The molecular formula is C20H26FNOS2. The van der Waals surface area contributed by atoms with Crippen molar-refractivity contribution in [3.05, 3.63) is 35.6 Å². The van der Waals surface area contributed by atoms with E-state index >= 15 is 0 Å². The zero-order chi connectivity index (χ0) is 17.3. The van der Waals surface area contributed by atoms with E-state index in [2.05, 4.69) is 28.8 Å². The molecule has 1 aromatic carbocycles. The summed E-state index contributed by atoms with van der Waals surface area (Å²) in [6, 6.07) is 6.56. The van der Waals surface area contributed by atoms with E-state index in [9.17, 15) is 9.18 Å². The number of rotatable bonds is 4. The van der Waals surface area contributed by atoms with Crippen molar-refractivity contribution < 1.29 is 9.18 Å². The lowest BCUT2D eigenvalue weighted by atomic mass is 9.67. The second-order valence-electron chi connectivity index (χ2n) is 7.58. The van der Waals surface area contributed by atoms with Gasteiger partial charge in [0.25, 0.3) is 0 Å². The van der Waals surface area contributed by atoms with E-state index < -0.39 is 0 Å². The highest BCUT2D eigenvalue weighted by atomic mass is 32.2. The fourth-order valence-corrected chi connectivity index (χ4v) is 8.89. The SMILES string of the molecule is O=C(NCCc1ccc(F)cc1)C1CC2CCCC(C1)C21SCCS1. The van der Waals surface area contributed by atoms with Gasteiger partial charge < -0.3 is 5.32 Å². The summed E-state index contributed by atoms with van der Waals surface area (Å²) >= 11 is 4.38. The van der Waals surface area contributed by atoms with Crippen LogP contribution >= 0.6 is 23.5 Å². The van der Waals surface area contributed by atoms with Crippen LogP contribution in [0, 0.1) is 23.6 Å². The number of carbonyl (C=O) groups is 1. The van der Waals surface area contributed by atoms with Crippen molar-refractivity contribution in [1.82, 2.24) is 5.32 Å². The lowest BCUT2D eigenvalue weighted by molar-refractivity contribution is -0.127. The van der Waals surface area contributed by atoms with E-state index in [-0.39, 0.29) is 17.6 Å². The molecule has 1 N–H and O–H groups in total. The second-order valence-corrected chi connectivity index (χ2v) is 10.6. The number of benzene rings is 1. The zero-order valence-corrected chi connectivity index (χ0v) is 16.1. The third kappa shape index (κ3) is 3.59. The van der Waals surface area contributed by atoms with E-state index in [4.69, 9.17) is 0 Å². The van der Waals surface area contributed by atoms with Gasteiger partial charge in [-0.3, -0.25) is 4.79 Å². The van der Waals surface area contributed by atoms with Gasteiger partial charge in [-0.05, 0) is 61.6 Å². The van der Waals surface area contributed by atoms with E-state index in [0.717, 1.165) is 24.8 Å². The van der Waals surface area contributed by atoms with E-state index in [1.807, 2.05) is 0 Å². The molecule has 1 saturated heterocycles. The first-order valence-electron chi connectivity index (χ1n) is 9.47. The molecule has 0 aromatic heterocycles. The molecule has 1 spiro atoms. The third-order valence-corrected chi connectivity index (χ3v) is 10.1. The van der Waals surface area contributed by atoms with Gasteiger partial charge in [-0.1, -0.05) is 18.6 Å². The van der Waals surface area contributed by atoms with Gasteiger partial charge in [-0.15, -0.1) is 23.5 Å². The van der Waals surface area contributed by atoms with E-state index in [0.29, 0.717) is 22.5 Å². The molecule has 1 aliphatic heterocycles. The summed E-state index contributed by atoms with van der Waals surface area (Å²) < 4.78 is 13.4. The summed E-state index contributed by atoms with van der Waals surface area (Å²) in [4.78, 5) is 12.7. The van der Waals surface area contributed by atoms with Crippen LogP contribution in [0.1, 0.15) is 37.7 Å². The van der Waals surface area contributed by atoms with E-state index in [1.165, 1.54) is 42.9 Å². The smallest absolute Gasteiger partial charge is 0.223 e. The molecule has 3 fully saturated rings. The van der Waals surface area contributed by atoms with Crippen LogP contribution in [-0.2, 0) is 11.2 Å². The second kappa shape index (κ2) is 7.51. The van der Waals surface area contributed by atoms with Crippen molar-refractivity contribution in [2.45, 2.75) is 42.6 Å². The number of hydrogen-bond acceptors (Lipinski definition) is 3. The van der Waals surface area contributed by atoms with Gasteiger partial charge in [-0.25, -0.2) is 4.39 Å². The maximum atomic E-state index is 12.9. The summed E-state index contributed by atoms with van der Waals surface area (Å²) in [7, 11) is 0. The lowest BCUT2D eigenvalue weighted by Crippen LogP contribution is -2.49. The van der Waals surface area contributed by atoms with Crippen LogP contribution in [0.5, 0.6) is 0 Å². The summed E-state index contributed by atoms with van der Waals surface area (Å²) in [5, 5.41) is 3.14. The Morgan fingerprint density at radius 3 is 2.40 bits per heavy atom. The monoisotopic (exact) mass is 379 g/mol. The van der Waals surface area contributed by atoms with Gasteiger partial charge in [0.1, 0.15) is 5.82 Å². The van der Waals surface area contributed by atoms with Crippen LogP contribution in [0.25, 0.3) is 0 Å². The summed E-state index contributed by atoms with van der Waals surface area (Å²) in [6.07, 6.45) is 6.85. The van der Waals surface area contributed by atoms with Crippen LogP contribution in [0.15, 0.2) is 24.3 Å². The average molecular weight is 380 g/mol. The predicted octanol–water partition coefficient (Wildman–Crippen LogP) is 4.49. The fourth-order valence-electron chi connectivity index (χ4n) is 4.95. The Labute approximate surface area is 158 Å². The number of halogens is 1. The number of amides is 1. The standard InChI is InChI=1S/C20H26FNOS2/c21-18-6-4-14(5-7-18)8-9-22-19(23)15-12-16-2-1-3-17(13-15)20(16)24-10-11-25-20/h4-7,15-17H,1-3,8-13H2,(H,22,23). The maximum absolute atomic E-state index is 12.9. The van der Waals surface area contributed by atoms with Crippen molar-refractivity contribution in [2.75, 3.05) is 18.1 Å². The topological polar surface area (TPSA) is 29.1 Å². The maximum Gasteiger partial charge on any atom is 0.223 e. The van der Waals surface area contributed by atoms with Crippen molar-refractivity contribution in [3.8, 4) is 0 Å². The number of nitrogens with one attached hydrogen (secondary N) is 1. The molecule has 4 rings (SSSR count). The largest absolute Gasteiger partial charge is 0.356 e. The lowest BCUT2D eigenvalue weighted by Gasteiger charge is -2.52. The first kappa shape index (κ1) is 17.7. The summed E-state index contributed by atoms with van der Waals surface area (Å²) in [5.41, 5.74) is 1.07. The Balaban J connectivity index is 1.32. The number of thioether (sulfide) groups is 2. The first-order valence-corrected chi connectivity index (χ1v) is 11.4. The molecular weight excluding hydrogens is 353 g/mol. The Bertz CT molecular complexity index is 599. The zero-order valence-electron chi connectivity index (χ0n) is 14.5. The molecule has 25 heavy (non-hydrogen) atoms. The quantitative estimate of drug-likeness (QED) is 0.836. The van der Waals surface area contributed by atoms with Crippen LogP contribution in [-0.4, -0.2) is 28.0 Å².